The van der Waals surface area contributed by atoms with Crippen LogP contribution in [0.25, 0.3) is 11.0 Å². The highest BCUT2D eigenvalue weighted by Gasteiger charge is 2.41. The number of carbonyl (C=O) groups is 1. The molecule has 4 rings (SSSR count). The van der Waals surface area contributed by atoms with Crippen molar-refractivity contribution in [1.82, 2.24) is 9.80 Å². The molecule has 2 aliphatic rings. The first-order valence-corrected chi connectivity index (χ1v) is 10.4. The summed E-state index contributed by atoms with van der Waals surface area (Å²) < 4.78 is 11.4. The van der Waals surface area contributed by atoms with Crippen molar-refractivity contribution in [1.29, 1.82) is 0 Å². The highest BCUT2D eigenvalue weighted by Crippen LogP contribution is 2.40. The fourth-order valence-corrected chi connectivity index (χ4v) is 4.68. The average molecular weight is 399 g/mol. The van der Waals surface area contributed by atoms with Crippen molar-refractivity contribution in [3.05, 3.63) is 39.2 Å². The van der Waals surface area contributed by atoms with Crippen molar-refractivity contribution < 1.29 is 13.9 Å². The maximum Gasteiger partial charge on any atom is 0.339 e. The average Bonchev–Trinajstić information content (AvgIpc) is 3.10. The van der Waals surface area contributed by atoms with Crippen LogP contribution in [0.5, 0.6) is 5.75 Å². The van der Waals surface area contributed by atoms with Crippen molar-refractivity contribution in [3.63, 3.8) is 0 Å². The van der Waals surface area contributed by atoms with Crippen molar-refractivity contribution in [2.24, 2.45) is 5.41 Å². The van der Waals surface area contributed by atoms with Crippen molar-refractivity contribution in [3.8, 4) is 5.75 Å². The summed E-state index contributed by atoms with van der Waals surface area (Å²) in [6, 6.07) is 3.74. The van der Waals surface area contributed by atoms with Crippen LogP contribution < -0.4 is 10.4 Å². The predicted molar refractivity (Wildman–Crippen MR) is 113 cm³/mol. The lowest BCUT2D eigenvalue weighted by atomic mass is 9.78. The molecule has 1 spiro atoms. The first-order valence-electron chi connectivity index (χ1n) is 10.4. The van der Waals surface area contributed by atoms with Crippen molar-refractivity contribution in [2.45, 2.75) is 40.0 Å². The lowest BCUT2D eigenvalue weighted by molar-refractivity contribution is -0.132. The standard InChI is InChI=1S/C23H30N2O4/c1-15-11-18(21-16(2)17(3)22(27)29-19(21)12-15)28-13-20(26)25-10-7-23(14-25)5-8-24(4)9-6-23/h11-12H,5-10,13-14H2,1-4H3. The summed E-state index contributed by atoms with van der Waals surface area (Å²) in [5.74, 6) is 0.633. The minimum Gasteiger partial charge on any atom is -0.483 e. The van der Waals surface area contributed by atoms with Gasteiger partial charge in [-0.3, -0.25) is 4.79 Å². The highest BCUT2D eigenvalue weighted by atomic mass is 16.5. The lowest BCUT2D eigenvalue weighted by Gasteiger charge is -2.37. The highest BCUT2D eigenvalue weighted by molar-refractivity contribution is 5.88. The molecule has 0 saturated carbocycles. The van der Waals surface area contributed by atoms with E-state index in [0.717, 1.165) is 62.0 Å². The molecule has 1 aromatic carbocycles. The van der Waals surface area contributed by atoms with Gasteiger partial charge in [-0.2, -0.15) is 0 Å². The Balaban J connectivity index is 1.49. The molecule has 29 heavy (non-hydrogen) atoms. The van der Waals surface area contributed by atoms with E-state index in [9.17, 15) is 9.59 Å². The van der Waals surface area contributed by atoms with Crippen molar-refractivity contribution in [2.75, 3.05) is 39.8 Å². The number of nitrogens with zero attached hydrogens (tertiary/aromatic N) is 2. The van der Waals surface area contributed by atoms with E-state index in [1.54, 1.807) is 6.92 Å². The maximum absolute atomic E-state index is 12.9. The van der Waals surface area contributed by atoms with Gasteiger partial charge in [0.05, 0.1) is 5.39 Å². The van der Waals surface area contributed by atoms with E-state index in [4.69, 9.17) is 9.15 Å². The van der Waals surface area contributed by atoms with E-state index in [1.165, 1.54) is 0 Å². The molecular formula is C23H30N2O4. The van der Waals surface area contributed by atoms with Gasteiger partial charge in [-0.1, -0.05) is 0 Å². The number of carbonyl (C=O) groups excluding carboxylic acids is 1. The van der Waals surface area contributed by atoms with Crippen LogP contribution >= 0.6 is 0 Å². The first-order chi connectivity index (χ1) is 13.8. The fraction of sp³-hybridized carbons (Fsp3) is 0.565. The molecule has 0 atom stereocenters. The van der Waals surface area contributed by atoms with E-state index >= 15 is 0 Å². The SMILES string of the molecule is Cc1cc(OCC(=O)N2CCC3(CCN(C)CC3)C2)c2c(C)c(C)c(=O)oc2c1. The number of amides is 1. The summed E-state index contributed by atoms with van der Waals surface area (Å²) in [5.41, 5.74) is 2.80. The monoisotopic (exact) mass is 398 g/mol. The topological polar surface area (TPSA) is 63.0 Å². The number of hydrogen-bond acceptors (Lipinski definition) is 5. The van der Waals surface area contributed by atoms with Gasteiger partial charge in [0, 0.05) is 18.7 Å². The van der Waals surface area contributed by atoms with Gasteiger partial charge in [0.25, 0.3) is 5.91 Å². The summed E-state index contributed by atoms with van der Waals surface area (Å²) in [5, 5.41) is 0.772. The Morgan fingerprint density at radius 2 is 1.79 bits per heavy atom. The number of likely N-dealkylation sites (tertiary alicyclic amines) is 2. The van der Waals surface area contributed by atoms with Gasteiger partial charge >= 0.3 is 5.63 Å². The van der Waals surface area contributed by atoms with Gasteiger partial charge in [-0.15, -0.1) is 0 Å². The fourth-order valence-electron chi connectivity index (χ4n) is 4.68. The van der Waals surface area contributed by atoms with E-state index < -0.39 is 0 Å². The second kappa shape index (κ2) is 7.48. The van der Waals surface area contributed by atoms with Gasteiger partial charge in [0.2, 0.25) is 0 Å². The summed E-state index contributed by atoms with van der Waals surface area (Å²) in [6.45, 7) is 9.44. The van der Waals surface area contributed by atoms with Crippen LogP contribution in [0.4, 0.5) is 0 Å². The van der Waals surface area contributed by atoms with Gasteiger partial charge in [-0.05, 0) is 88.8 Å². The zero-order valence-electron chi connectivity index (χ0n) is 17.8. The molecule has 6 nitrogen and oxygen atoms in total. The Morgan fingerprint density at radius 1 is 1.10 bits per heavy atom. The zero-order chi connectivity index (χ0) is 20.8. The lowest BCUT2D eigenvalue weighted by Crippen LogP contribution is -2.41. The van der Waals surface area contributed by atoms with E-state index in [1.807, 2.05) is 30.9 Å². The zero-order valence-corrected chi connectivity index (χ0v) is 17.8. The summed E-state index contributed by atoms with van der Waals surface area (Å²) in [4.78, 5) is 29.2. The molecule has 2 saturated heterocycles. The number of hydrogen-bond donors (Lipinski definition) is 0. The summed E-state index contributed by atoms with van der Waals surface area (Å²) >= 11 is 0. The molecule has 0 bridgehead atoms. The minimum atomic E-state index is -0.330. The van der Waals surface area contributed by atoms with E-state index in [0.29, 0.717) is 16.9 Å². The Bertz CT molecular complexity index is 1000. The molecular weight excluding hydrogens is 368 g/mol. The van der Waals surface area contributed by atoms with Gasteiger partial charge in [0.15, 0.2) is 6.61 Å². The third-order valence-corrected chi connectivity index (χ3v) is 6.85. The molecule has 0 radical (unpaired) electrons. The third-order valence-electron chi connectivity index (χ3n) is 6.85. The Hall–Kier alpha value is -2.34. The van der Waals surface area contributed by atoms with Crippen LogP contribution in [0.15, 0.2) is 21.3 Å². The van der Waals surface area contributed by atoms with Crippen LogP contribution in [0.2, 0.25) is 0 Å². The number of rotatable bonds is 3. The van der Waals surface area contributed by atoms with Gasteiger partial charge in [-0.25, -0.2) is 4.79 Å². The van der Waals surface area contributed by atoms with Crippen molar-refractivity contribution >= 4 is 16.9 Å². The van der Waals surface area contributed by atoms with Gasteiger partial charge < -0.3 is 19.0 Å². The van der Waals surface area contributed by atoms with Crippen LogP contribution in [-0.2, 0) is 4.79 Å². The molecule has 2 fully saturated rings. The molecule has 2 aromatic rings. The number of benzene rings is 1. The van der Waals surface area contributed by atoms with Crippen LogP contribution in [0, 0.1) is 26.2 Å². The van der Waals surface area contributed by atoms with Gasteiger partial charge in [0.1, 0.15) is 11.3 Å². The van der Waals surface area contributed by atoms with Crippen LogP contribution in [0.1, 0.15) is 36.0 Å². The maximum atomic E-state index is 12.9. The van der Waals surface area contributed by atoms with Crippen LogP contribution in [-0.4, -0.2) is 55.5 Å². The molecule has 0 aliphatic carbocycles. The Kier molecular flexibility index (Phi) is 5.15. The molecule has 0 unspecified atom stereocenters. The minimum absolute atomic E-state index is 0.00610. The molecule has 1 amide bonds. The Morgan fingerprint density at radius 3 is 2.52 bits per heavy atom. The van der Waals surface area contributed by atoms with Crippen LogP contribution in [0.3, 0.4) is 0 Å². The molecule has 0 N–H and O–H groups in total. The largest absolute Gasteiger partial charge is 0.483 e. The molecule has 6 heteroatoms. The molecule has 156 valence electrons. The molecule has 3 heterocycles. The predicted octanol–water partition coefficient (Wildman–Crippen LogP) is 3.04. The number of ether oxygens (including phenoxy) is 1. The smallest absolute Gasteiger partial charge is 0.339 e. The Labute approximate surface area is 171 Å². The summed E-state index contributed by atoms with van der Waals surface area (Å²) in [7, 11) is 2.16. The normalized spacial score (nSPS) is 19.2. The summed E-state index contributed by atoms with van der Waals surface area (Å²) in [6.07, 6.45) is 3.41. The molecule has 1 aromatic heterocycles. The van der Waals surface area contributed by atoms with E-state index in [-0.39, 0.29) is 23.6 Å². The number of piperidine rings is 1. The number of aryl methyl sites for hydroxylation is 2. The molecule has 2 aliphatic heterocycles. The second-order valence-corrected chi connectivity index (χ2v) is 8.93. The number of fused-ring (bicyclic) bond motifs is 1. The second-order valence-electron chi connectivity index (χ2n) is 8.93. The van der Waals surface area contributed by atoms with E-state index in [2.05, 4.69) is 11.9 Å². The quantitative estimate of drug-likeness (QED) is 0.744. The third kappa shape index (κ3) is 3.78. The first kappa shape index (κ1) is 20.0.